The third kappa shape index (κ3) is 6.07. The molecule has 2 aliphatic rings. The molecule has 0 atom stereocenters. The van der Waals surface area contributed by atoms with E-state index in [9.17, 15) is 13.2 Å². The number of carbonyl (C=O) groups is 1. The summed E-state index contributed by atoms with van der Waals surface area (Å²) in [7, 11) is -0.497. The summed E-state index contributed by atoms with van der Waals surface area (Å²) >= 11 is 0. The Hall–Kier alpha value is -3.48. The maximum absolute atomic E-state index is 13.1. The lowest BCUT2D eigenvalue weighted by Gasteiger charge is -2.30. The van der Waals surface area contributed by atoms with Crippen LogP contribution in [0.2, 0.25) is 0 Å². The SMILES string of the molecule is COc1ccc(-c2noc(CN3CCC(C(=O)Nc4cc(S(=O)(=O)N5CCCC5)ccc4OC)CC3)n2)cc1. The molecule has 12 heteroatoms. The van der Waals surface area contributed by atoms with Crippen LogP contribution in [-0.2, 0) is 21.4 Å². The Labute approximate surface area is 228 Å². The number of likely N-dealkylation sites (tertiary alicyclic amines) is 1. The largest absolute Gasteiger partial charge is 0.497 e. The molecule has 5 rings (SSSR count). The number of aromatic nitrogens is 2. The standard InChI is InChI=1S/C27H33N5O6S/c1-36-21-7-5-19(6-8-21)26-29-25(38-30-26)18-31-15-11-20(12-16-31)27(33)28-23-17-22(9-10-24(23)37-2)39(34,35)32-13-3-4-14-32/h5-10,17,20H,3-4,11-16,18H2,1-2H3,(H,28,33). The fourth-order valence-electron chi connectivity index (χ4n) is 4.98. The molecule has 0 saturated carbocycles. The molecule has 2 aromatic carbocycles. The summed E-state index contributed by atoms with van der Waals surface area (Å²) in [4.78, 5) is 20.0. The predicted molar refractivity (Wildman–Crippen MR) is 144 cm³/mol. The molecular formula is C27H33N5O6S. The van der Waals surface area contributed by atoms with Crippen molar-refractivity contribution in [1.29, 1.82) is 0 Å². The minimum Gasteiger partial charge on any atom is -0.497 e. The van der Waals surface area contributed by atoms with Crippen LogP contribution in [0.1, 0.15) is 31.6 Å². The minimum absolute atomic E-state index is 0.150. The summed E-state index contributed by atoms with van der Waals surface area (Å²) in [6.45, 7) is 2.92. The number of nitrogens with zero attached hydrogens (tertiary/aromatic N) is 4. The summed E-state index contributed by atoms with van der Waals surface area (Å²) < 4.78 is 43.5. The average Bonchev–Trinajstić information content (AvgIpc) is 3.67. The Morgan fingerprint density at radius 2 is 1.74 bits per heavy atom. The zero-order valence-corrected chi connectivity index (χ0v) is 22.9. The van der Waals surface area contributed by atoms with E-state index in [1.807, 2.05) is 24.3 Å². The van der Waals surface area contributed by atoms with Crippen LogP contribution in [0.5, 0.6) is 11.5 Å². The van der Waals surface area contributed by atoms with Crippen LogP contribution in [0.15, 0.2) is 51.9 Å². The Morgan fingerprint density at radius 3 is 2.41 bits per heavy atom. The second-order valence-corrected chi connectivity index (χ2v) is 11.7. The molecule has 2 saturated heterocycles. The molecule has 0 bridgehead atoms. The average molecular weight is 556 g/mol. The third-order valence-corrected chi connectivity index (χ3v) is 9.16. The lowest BCUT2D eigenvalue weighted by molar-refractivity contribution is -0.121. The maximum atomic E-state index is 13.1. The first-order valence-electron chi connectivity index (χ1n) is 13.1. The maximum Gasteiger partial charge on any atom is 0.243 e. The molecule has 1 aromatic heterocycles. The topological polar surface area (TPSA) is 127 Å². The lowest BCUT2D eigenvalue weighted by atomic mass is 9.96. The number of anilines is 1. The van der Waals surface area contributed by atoms with Crippen LogP contribution in [0.4, 0.5) is 5.69 Å². The van der Waals surface area contributed by atoms with Gasteiger partial charge in [-0.2, -0.15) is 9.29 Å². The highest BCUT2D eigenvalue weighted by Gasteiger charge is 2.30. The van der Waals surface area contributed by atoms with Crippen molar-refractivity contribution in [3.8, 4) is 22.9 Å². The highest BCUT2D eigenvalue weighted by atomic mass is 32.2. The van der Waals surface area contributed by atoms with Crippen LogP contribution >= 0.6 is 0 Å². The Kier molecular flexibility index (Phi) is 8.15. The van der Waals surface area contributed by atoms with Crippen molar-refractivity contribution in [2.75, 3.05) is 45.7 Å². The normalized spacial score (nSPS) is 17.3. The van der Waals surface area contributed by atoms with Crippen LogP contribution in [0.25, 0.3) is 11.4 Å². The van der Waals surface area contributed by atoms with Gasteiger partial charge in [-0.05, 0) is 81.2 Å². The summed E-state index contributed by atoms with van der Waals surface area (Å²) in [5.74, 6) is 1.86. The fourth-order valence-corrected chi connectivity index (χ4v) is 6.52. The Bertz CT molecular complexity index is 1390. The molecule has 11 nitrogen and oxygen atoms in total. The zero-order valence-electron chi connectivity index (χ0n) is 22.1. The molecular weight excluding hydrogens is 522 g/mol. The number of nitrogens with one attached hydrogen (secondary N) is 1. The Morgan fingerprint density at radius 1 is 1.03 bits per heavy atom. The van der Waals surface area contributed by atoms with Crippen LogP contribution < -0.4 is 14.8 Å². The number of benzene rings is 2. The van der Waals surface area contributed by atoms with Gasteiger partial charge in [0, 0.05) is 24.6 Å². The van der Waals surface area contributed by atoms with Crippen molar-refractivity contribution in [2.24, 2.45) is 5.92 Å². The molecule has 2 aliphatic heterocycles. The van der Waals surface area contributed by atoms with Gasteiger partial charge in [-0.1, -0.05) is 5.16 Å². The van der Waals surface area contributed by atoms with Crippen LogP contribution in [0, 0.1) is 5.92 Å². The first-order valence-corrected chi connectivity index (χ1v) is 14.5. The van der Waals surface area contributed by atoms with Crippen LogP contribution in [-0.4, -0.2) is 74.1 Å². The Balaban J connectivity index is 1.17. The fraction of sp³-hybridized carbons (Fsp3) is 0.444. The smallest absolute Gasteiger partial charge is 0.243 e. The monoisotopic (exact) mass is 555 g/mol. The zero-order chi connectivity index (χ0) is 27.4. The van der Waals surface area contributed by atoms with E-state index in [1.54, 1.807) is 13.2 Å². The van der Waals surface area contributed by atoms with Crippen molar-refractivity contribution in [2.45, 2.75) is 37.1 Å². The van der Waals surface area contributed by atoms with Gasteiger partial charge in [0.15, 0.2) is 0 Å². The molecule has 1 amide bonds. The molecule has 0 radical (unpaired) electrons. The van der Waals surface area contributed by atoms with E-state index in [1.165, 1.54) is 23.5 Å². The number of ether oxygens (including phenoxy) is 2. The molecule has 208 valence electrons. The van der Waals surface area contributed by atoms with E-state index in [2.05, 4.69) is 20.4 Å². The van der Waals surface area contributed by atoms with Gasteiger partial charge in [0.05, 0.1) is 31.3 Å². The van der Waals surface area contributed by atoms with Gasteiger partial charge in [0.25, 0.3) is 0 Å². The van der Waals surface area contributed by atoms with Crippen molar-refractivity contribution >= 4 is 21.6 Å². The summed E-state index contributed by atoms with van der Waals surface area (Å²) in [5, 5.41) is 7.00. The number of hydrogen-bond acceptors (Lipinski definition) is 9. The van der Waals surface area contributed by atoms with Crippen molar-refractivity contribution in [3.05, 3.63) is 48.4 Å². The summed E-state index contributed by atoms with van der Waals surface area (Å²) in [5.41, 5.74) is 1.20. The van der Waals surface area contributed by atoms with E-state index in [-0.39, 0.29) is 16.7 Å². The van der Waals surface area contributed by atoms with E-state index in [0.29, 0.717) is 68.7 Å². The van der Waals surface area contributed by atoms with E-state index in [0.717, 1.165) is 24.2 Å². The number of sulfonamides is 1. The number of piperidine rings is 1. The van der Waals surface area contributed by atoms with Gasteiger partial charge in [-0.15, -0.1) is 0 Å². The van der Waals surface area contributed by atoms with Crippen molar-refractivity contribution < 1.29 is 27.2 Å². The van der Waals surface area contributed by atoms with Gasteiger partial charge in [0.2, 0.25) is 27.6 Å². The first kappa shape index (κ1) is 27.1. The van der Waals surface area contributed by atoms with Crippen molar-refractivity contribution in [1.82, 2.24) is 19.3 Å². The number of methoxy groups -OCH3 is 2. The second kappa shape index (κ2) is 11.7. The number of hydrogen-bond donors (Lipinski definition) is 1. The molecule has 0 unspecified atom stereocenters. The van der Waals surface area contributed by atoms with E-state index in [4.69, 9.17) is 14.0 Å². The van der Waals surface area contributed by atoms with Gasteiger partial charge >= 0.3 is 0 Å². The number of amides is 1. The van der Waals surface area contributed by atoms with Crippen molar-refractivity contribution in [3.63, 3.8) is 0 Å². The number of rotatable bonds is 9. The molecule has 3 aromatic rings. The molecule has 2 fully saturated rings. The van der Waals surface area contributed by atoms with Crippen LogP contribution in [0.3, 0.4) is 0 Å². The number of carbonyl (C=O) groups excluding carboxylic acids is 1. The molecule has 0 aliphatic carbocycles. The third-order valence-electron chi connectivity index (χ3n) is 7.27. The second-order valence-electron chi connectivity index (χ2n) is 9.75. The van der Waals surface area contributed by atoms with Gasteiger partial charge in [0.1, 0.15) is 11.5 Å². The molecule has 0 spiro atoms. The van der Waals surface area contributed by atoms with Gasteiger partial charge in [-0.3, -0.25) is 9.69 Å². The quantitative estimate of drug-likeness (QED) is 0.423. The minimum atomic E-state index is -3.61. The summed E-state index contributed by atoms with van der Waals surface area (Å²) in [6.07, 6.45) is 3.01. The molecule has 1 N–H and O–H groups in total. The predicted octanol–water partition coefficient (Wildman–Crippen LogP) is 3.39. The molecule has 39 heavy (non-hydrogen) atoms. The highest BCUT2D eigenvalue weighted by molar-refractivity contribution is 7.89. The van der Waals surface area contributed by atoms with Gasteiger partial charge < -0.3 is 19.3 Å². The highest BCUT2D eigenvalue weighted by Crippen LogP contribution is 2.31. The van der Waals surface area contributed by atoms with Gasteiger partial charge in [-0.25, -0.2) is 8.42 Å². The molecule has 3 heterocycles. The lowest BCUT2D eigenvalue weighted by Crippen LogP contribution is -2.37. The van der Waals surface area contributed by atoms with E-state index < -0.39 is 10.0 Å². The van der Waals surface area contributed by atoms with E-state index >= 15 is 0 Å². The summed E-state index contributed by atoms with van der Waals surface area (Å²) in [6, 6.07) is 12.1. The first-order chi connectivity index (χ1) is 18.9.